The minimum Gasteiger partial charge on any atom is -0.466 e. The molecule has 1 aliphatic heterocycles. The van der Waals surface area contributed by atoms with Gasteiger partial charge in [-0.05, 0) is 44.7 Å². The highest BCUT2D eigenvalue weighted by molar-refractivity contribution is 5.90. The quantitative estimate of drug-likeness (QED) is 0.805. The first-order valence-electron chi connectivity index (χ1n) is 7.86. The molecule has 1 spiro atoms. The highest BCUT2D eigenvalue weighted by atomic mass is 16.6. The van der Waals surface area contributed by atoms with Crippen molar-refractivity contribution in [2.45, 2.75) is 38.2 Å². The number of esters is 1. The summed E-state index contributed by atoms with van der Waals surface area (Å²) in [5, 5.41) is 0. The summed E-state index contributed by atoms with van der Waals surface area (Å²) in [6.45, 7) is 2.79. The highest BCUT2D eigenvalue weighted by Crippen LogP contribution is 2.41. The van der Waals surface area contributed by atoms with Crippen LogP contribution in [0.5, 0.6) is 0 Å². The van der Waals surface area contributed by atoms with Crippen LogP contribution in [0.3, 0.4) is 0 Å². The summed E-state index contributed by atoms with van der Waals surface area (Å²) < 4.78 is 10.8. The zero-order valence-corrected chi connectivity index (χ0v) is 12.8. The predicted molar refractivity (Wildman–Crippen MR) is 81.6 cm³/mol. The number of carbonyl (C=O) groups excluding carboxylic acids is 2. The number of nitrogens with zero attached hydrogens (tertiary/aromatic N) is 1. The first-order valence-corrected chi connectivity index (χ1v) is 7.86. The number of carbonyl (C=O) groups is 2. The molecule has 0 aromatic heterocycles. The van der Waals surface area contributed by atoms with E-state index in [1.165, 1.54) is 0 Å². The molecule has 2 aliphatic rings. The van der Waals surface area contributed by atoms with Crippen LogP contribution < -0.4 is 4.90 Å². The summed E-state index contributed by atoms with van der Waals surface area (Å²) in [7, 11) is 0. The van der Waals surface area contributed by atoms with E-state index in [-0.39, 0.29) is 18.0 Å². The first kappa shape index (κ1) is 14.9. The Morgan fingerprint density at radius 3 is 2.64 bits per heavy atom. The second-order valence-electron chi connectivity index (χ2n) is 6.00. The molecule has 3 rings (SSSR count). The van der Waals surface area contributed by atoms with Gasteiger partial charge in [0.2, 0.25) is 0 Å². The summed E-state index contributed by atoms with van der Waals surface area (Å²) in [6, 6.07) is 9.55. The number of rotatable bonds is 3. The summed E-state index contributed by atoms with van der Waals surface area (Å²) >= 11 is 0. The Morgan fingerprint density at radius 2 is 2.00 bits per heavy atom. The first-order chi connectivity index (χ1) is 10.6. The van der Waals surface area contributed by atoms with Crippen LogP contribution in [0.4, 0.5) is 10.5 Å². The summed E-state index contributed by atoms with van der Waals surface area (Å²) in [5.74, 6) is -0.184. The monoisotopic (exact) mass is 303 g/mol. The van der Waals surface area contributed by atoms with Gasteiger partial charge in [-0.3, -0.25) is 9.69 Å². The van der Waals surface area contributed by atoms with Gasteiger partial charge in [0.15, 0.2) is 0 Å². The Morgan fingerprint density at radius 1 is 1.32 bits per heavy atom. The van der Waals surface area contributed by atoms with E-state index in [0.717, 1.165) is 18.5 Å². The van der Waals surface area contributed by atoms with Crippen molar-refractivity contribution in [1.29, 1.82) is 0 Å². The van der Waals surface area contributed by atoms with E-state index in [1.807, 2.05) is 37.3 Å². The van der Waals surface area contributed by atoms with Crippen molar-refractivity contribution >= 4 is 17.7 Å². The molecule has 5 heteroatoms. The van der Waals surface area contributed by atoms with E-state index in [0.29, 0.717) is 26.0 Å². The zero-order chi connectivity index (χ0) is 15.6. The molecule has 1 heterocycles. The van der Waals surface area contributed by atoms with Gasteiger partial charge in [-0.1, -0.05) is 18.2 Å². The second-order valence-corrected chi connectivity index (χ2v) is 6.00. The van der Waals surface area contributed by atoms with E-state index in [9.17, 15) is 9.59 Å². The van der Waals surface area contributed by atoms with Crippen LogP contribution in [0.1, 0.15) is 32.6 Å². The van der Waals surface area contributed by atoms with Gasteiger partial charge in [0.25, 0.3) is 0 Å². The minimum atomic E-state index is -0.448. The van der Waals surface area contributed by atoms with Crippen molar-refractivity contribution in [1.82, 2.24) is 0 Å². The lowest BCUT2D eigenvalue weighted by Gasteiger charge is -2.34. The van der Waals surface area contributed by atoms with Crippen LogP contribution in [-0.4, -0.2) is 30.8 Å². The van der Waals surface area contributed by atoms with Gasteiger partial charge >= 0.3 is 12.1 Å². The molecule has 22 heavy (non-hydrogen) atoms. The molecule has 2 fully saturated rings. The molecule has 0 bridgehead atoms. The number of ether oxygens (including phenoxy) is 2. The fourth-order valence-electron chi connectivity index (χ4n) is 3.33. The fraction of sp³-hybridized carbons (Fsp3) is 0.529. The van der Waals surface area contributed by atoms with E-state index in [4.69, 9.17) is 9.47 Å². The molecule has 0 N–H and O–H groups in total. The summed E-state index contributed by atoms with van der Waals surface area (Å²) in [6.07, 6.45) is 2.57. The minimum absolute atomic E-state index is 0.0601. The third-order valence-corrected chi connectivity index (χ3v) is 4.56. The van der Waals surface area contributed by atoms with Gasteiger partial charge in [-0.2, -0.15) is 0 Å². The molecule has 1 aliphatic carbocycles. The second kappa shape index (κ2) is 5.99. The normalized spacial score (nSPS) is 27.8. The van der Waals surface area contributed by atoms with Crippen LogP contribution in [-0.2, 0) is 14.3 Å². The maximum Gasteiger partial charge on any atom is 0.415 e. The fourth-order valence-corrected chi connectivity index (χ4v) is 3.33. The molecule has 1 saturated carbocycles. The average molecular weight is 303 g/mol. The maximum absolute atomic E-state index is 12.2. The Labute approximate surface area is 130 Å². The highest BCUT2D eigenvalue weighted by Gasteiger charge is 2.48. The van der Waals surface area contributed by atoms with Gasteiger partial charge < -0.3 is 9.47 Å². The Hall–Kier alpha value is -2.04. The molecule has 1 amide bonds. The average Bonchev–Trinajstić information content (AvgIpc) is 2.85. The molecule has 118 valence electrons. The topological polar surface area (TPSA) is 55.8 Å². The lowest BCUT2D eigenvalue weighted by Crippen LogP contribution is -2.40. The van der Waals surface area contributed by atoms with Gasteiger partial charge in [0.05, 0.1) is 19.1 Å². The molecule has 0 unspecified atom stereocenters. The van der Waals surface area contributed by atoms with E-state index in [2.05, 4.69) is 0 Å². The molecular weight excluding hydrogens is 282 g/mol. The number of para-hydroxylation sites is 1. The molecule has 1 aromatic carbocycles. The van der Waals surface area contributed by atoms with Crippen LogP contribution in [0.15, 0.2) is 30.3 Å². The SMILES string of the molecule is CCOC(=O)C1CCC2(CC1)CN(c1ccccc1)C(=O)O2. The number of hydrogen-bond donors (Lipinski definition) is 0. The lowest BCUT2D eigenvalue weighted by molar-refractivity contribution is -0.150. The summed E-state index contributed by atoms with van der Waals surface area (Å²) in [4.78, 5) is 25.7. The molecule has 1 saturated heterocycles. The Kier molecular flexibility index (Phi) is 4.05. The van der Waals surface area contributed by atoms with E-state index >= 15 is 0 Å². The van der Waals surface area contributed by atoms with Crippen LogP contribution >= 0.6 is 0 Å². The predicted octanol–water partition coefficient (Wildman–Crippen LogP) is 3.14. The molecule has 0 atom stereocenters. The largest absolute Gasteiger partial charge is 0.466 e. The van der Waals surface area contributed by atoms with Gasteiger partial charge in [-0.15, -0.1) is 0 Å². The van der Waals surface area contributed by atoms with Crippen molar-refractivity contribution in [3.8, 4) is 0 Å². The van der Waals surface area contributed by atoms with Crippen molar-refractivity contribution in [3.63, 3.8) is 0 Å². The van der Waals surface area contributed by atoms with Gasteiger partial charge in [0, 0.05) is 5.69 Å². The number of amides is 1. The van der Waals surface area contributed by atoms with E-state index in [1.54, 1.807) is 4.90 Å². The van der Waals surface area contributed by atoms with Crippen LogP contribution in [0, 0.1) is 5.92 Å². The van der Waals surface area contributed by atoms with Crippen LogP contribution in [0.2, 0.25) is 0 Å². The molecule has 1 aromatic rings. The lowest BCUT2D eigenvalue weighted by atomic mass is 9.78. The Balaban J connectivity index is 1.65. The van der Waals surface area contributed by atoms with E-state index < -0.39 is 5.60 Å². The third kappa shape index (κ3) is 2.80. The van der Waals surface area contributed by atoms with Crippen molar-refractivity contribution < 1.29 is 19.1 Å². The van der Waals surface area contributed by atoms with Crippen molar-refractivity contribution in [2.24, 2.45) is 5.92 Å². The van der Waals surface area contributed by atoms with Gasteiger partial charge in [0.1, 0.15) is 5.60 Å². The zero-order valence-electron chi connectivity index (χ0n) is 12.8. The number of benzene rings is 1. The maximum atomic E-state index is 12.2. The smallest absolute Gasteiger partial charge is 0.415 e. The van der Waals surface area contributed by atoms with Gasteiger partial charge in [-0.25, -0.2) is 4.79 Å². The molecule has 5 nitrogen and oxygen atoms in total. The standard InChI is InChI=1S/C17H21NO4/c1-2-21-15(19)13-8-10-17(11-9-13)12-18(16(20)22-17)14-6-4-3-5-7-14/h3-7,13H,2,8-12H2,1H3. The molecule has 0 radical (unpaired) electrons. The van der Waals surface area contributed by atoms with Crippen LogP contribution in [0.25, 0.3) is 0 Å². The van der Waals surface area contributed by atoms with Crippen molar-refractivity contribution in [2.75, 3.05) is 18.1 Å². The Bertz CT molecular complexity index is 549. The third-order valence-electron chi connectivity index (χ3n) is 4.56. The summed E-state index contributed by atoms with van der Waals surface area (Å²) in [5.41, 5.74) is 0.410. The molecular formula is C17H21NO4. The van der Waals surface area contributed by atoms with Crippen molar-refractivity contribution in [3.05, 3.63) is 30.3 Å². The number of hydrogen-bond acceptors (Lipinski definition) is 4. The number of anilines is 1.